The molecular formula is C21H23NO11S. The molecule has 1 aromatic heterocycles. The molecule has 0 fully saturated rings. The van der Waals surface area contributed by atoms with Crippen molar-refractivity contribution >= 4 is 27.1 Å². The van der Waals surface area contributed by atoms with E-state index in [1.807, 2.05) is 0 Å². The zero-order chi connectivity index (χ0) is 25.6. The van der Waals surface area contributed by atoms with Crippen LogP contribution in [-0.4, -0.2) is 52.2 Å². The highest BCUT2D eigenvalue weighted by atomic mass is 32.3. The Morgan fingerprint density at radius 3 is 2.35 bits per heavy atom. The standard InChI is InChI=1S/C21H23NO11S/c1-21(2,27)15(24)7-10-14(33-34(28,29)30)8-12(23)16-17(25)18(26)19(32-20(10)16)9-4-5-13(31-3)11(22)6-9/h4-6,8,15,23-24,26-27H,7,22H2,1-3H3,(H,28,29,30). The summed E-state index contributed by atoms with van der Waals surface area (Å²) >= 11 is 0. The van der Waals surface area contributed by atoms with Crippen molar-refractivity contribution in [1.29, 1.82) is 0 Å². The van der Waals surface area contributed by atoms with Gasteiger partial charge in [-0.1, -0.05) is 0 Å². The minimum Gasteiger partial charge on any atom is -0.507 e. The summed E-state index contributed by atoms with van der Waals surface area (Å²) in [5.74, 6) is -2.48. The van der Waals surface area contributed by atoms with Crippen molar-refractivity contribution in [3.63, 3.8) is 0 Å². The van der Waals surface area contributed by atoms with Crippen LogP contribution in [0.2, 0.25) is 0 Å². The summed E-state index contributed by atoms with van der Waals surface area (Å²) in [4.78, 5) is 12.9. The molecule has 0 aliphatic rings. The lowest BCUT2D eigenvalue weighted by atomic mass is 9.93. The predicted octanol–water partition coefficient (Wildman–Crippen LogP) is 1.32. The molecule has 0 aliphatic carbocycles. The molecule has 34 heavy (non-hydrogen) atoms. The van der Waals surface area contributed by atoms with Gasteiger partial charge in [-0.25, -0.2) is 0 Å². The van der Waals surface area contributed by atoms with E-state index in [4.69, 9.17) is 19.4 Å². The first kappa shape index (κ1) is 25.1. The molecular weight excluding hydrogens is 474 g/mol. The van der Waals surface area contributed by atoms with Gasteiger partial charge in [0.2, 0.25) is 11.2 Å². The van der Waals surface area contributed by atoms with Gasteiger partial charge in [0, 0.05) is 23.6 Å². The minimum absolute atomic E-state index is 0.129. The molecule has 1 heterocycles. The van der Waals surface area contributed by atoms with E-state index in [0.29, 0.717) is 11.8 Å². The Kier molecular flexibility index (Phi) is 6.41. The molecule has 0 aliphatic heterocycles. The molecule has 1 atom stereocenters. The van der Waals surface area contributed by atoms with E-state index in [1.54, 1.807) is 0 Å². The van der Waals surface area contributed by atoms with Crippen molar-refractivity contribution in [3.05, 3.63) is 40.1 Å². The van der Waals surface area contributed by atoms with E-state index in [0.717, 1.165) is 0 Å². The minimum atomic E-state index is -5.11. The highest BCUT2D eigenvalue weighted by molar-refractivity contribution is 7.81. The molecule has 0 amide bonds. The summed E-state index contributed by atoms with van der Waals surface area (Å²) in [5.41, 5.74) is 2.63. The molecule has 0 saturated heterocycles. The van der Waals surface area contributed by atoms with Crippen molar-refractivity contribution in [1.82, 2.24) is 0 Å². The quantitative estimate of drug-likeness (QED) is 0.202. The van der Waals surface area contributed by atoms with E-state index < -0.39 is 67.9 Å². The second-order valence-electron chi connectivity index (χ2n) is 8.03. The average Bonchev–Trinajstić information content (AvgIpc) is 2.70. The Morgan fingerprint density at radius 1 is 1.18 bits per heavy atom. The largest absolute Gasteiger partial charge is 0.507 e. The third-order valence-electron chi connectivity index (χ3n) is 5.08. The first-order chi connectivity index (χ1) is 15.6. The number of rotatable bonds is 7. The van der Waals surface area contributed by atoms with E-state index in [1.165, 1.54) is 39.2 Å². The van der Waals surface area contributed by atoms with E-state index in [9.17, 15) is 33.6 Å². The van der Waals surface area contributed by atoms with Crippen LogP contribution in [0.25, 0.3) is 22.3 Å². The number of methoxy groups -OCH3 is 1. The number of nitrogens with two attached hydrogens (primary N) is 1. The molecule has 3 aromatic rings. The summed E-state index contributed by atoms with van der Waals surface area (Å²) in [5, 5.41) is 40.9. The third kappa shape index (κ3) is 4.87. The smallest absolute Gasteiger partial charge is 0.446 e. The molecule has 7 N–H and O–H groups in total. The number of fused-ring (bicyclic) bond motifs is 1. The van der Waals surface area contributed by atoms with Crippen molar-refractivity contribution in [2.75, 3.05) is 12.8 Å². The highest BCUT2D eigenvalue weighted by Gasteiger charge is 2.31. The fourth-order valence-electron chi connectivity index (χ4n) is 3.26. The second kappa shape index (κ2) is 8.68. The predicted molar refractivity (Wildman–Crippen MR) is 120 cm³/mol. The van der Waals surface area contributed by atoms with Gasteiger partial charge in [-0.15, -0.1) is 0 Å². The van der Waals surface area contributed by atoms with Crippen LogP contribution in [0.5, 0.6) is 23.0 Å². The number of nitrogen functional groups attached to an aromatic ring is 1. The summed E-state index contributed by atoms with van der Waals surface area (Å²) in [6.07, 6.45) is -2.08. The van der Waals surface area contributed by atoms with Gasteiger partial charge in [0.05, 0.1) is 24.5 Å². The molecule has 0 bridgehead atoms. The van der Waals surface area contributed by atoms with Gasteiger partial charge in [0.25, 0.3) is 0 Å². The number of benzene rings is 2. The SMILES string of the molecule is COc1ccc(-c2oc3c(CC(O)C(C)(C)O)c(OS(=O)(=O)O)cc(O)c3c(=O)c2O)cc1N. The number of hydrogen-bond acceptors (Lipinski definition) is 11. The Balaban J connectivity index is 2.41. The maximum absolute atomic E-state index is 12.9. The van der Waals surface area contributed by atoms with Crippen LogP contribution < -0.4 is 20.1 Å². The fraction of sp³-hybridized carbons (Fsp3) is 0.286. The zero-order valence-electron chi connectivity index (χ0n) is 18.3. The lowest BCUT2D eigenvalue weighted by Crippen LogP contribution is -2.37. The zero-order valence-corrected chi connectivity index (χ0v) is 19.1. The number of anilines is 1. The summed E-state index contributed by atoms with van der Waals surface area (Å²) in [6, 6.07) is 4.90. The van der Waals surface area contributed by atoms with Gasteiger partial charge in [0.1, 0.15) is 22.5 Å². The molecule has 0 spiro atoms. The van der Waals surface area contributed by atoms with Gasteiger partial charge in [-0.2, -0.15) is 8.42 Å². The molecule has 3 rings (SSSR count). The molecule has 2 aromatic carbocycles. The number of aromatic hydroxyl groups is 2. The van der Waals surface area contributed by atoms with Crippen LogP contribution in [0.3, 0.4) is 0 Å². The molecule has 13 heteroatoms. The number of phenols is 1. The van der Waals surface area contributed by atoms with Gasteiger partial charge < -0.3 is 39.5 Å². The summed E-state index contributed by atoms with van der Waals surface area (Å²) < 4.78 is 47.2. The van der Waals surface area contributed by atoms with Crippen LogP contribution in [0, 0.1) is 0 Å². The highest BCUT2D eigenvalue weighted by Crippen LogP contribution is 2.41. The maximum atomic E-state index is 12.9. The fourth-order valence-corrected chi connectivity index (χ4v) is 3.64. The van der Waals surface area contributed by atoms with Crippen LogP contribution in [0.15, 0.2) is 33.5 Å². The van der Waals surface area contributed by atoms with Crippen molar-refractivity contribution in [3.8, 4) is 34.3 Å². The van der Waals surface area contributed by atoms with Gasteiger partial charge in [0.15, 0.2) is 11.5 Å². The van der Waals surface area contributed by atoms with E-state index >= 15 is 0 Å². The average molecular weight is 497 g/mol. The lowest BCUT2D eigenvalue weighted by molar-refractivity contribution is -0.0469. The first-order valence-corrected chi connectivity index (χ1v) is 11.1. The number of ether oxygens (including phenoxy) is 1. The Hall–Kier alpha value is -3.52. The molecule has 0 radical (unpaired) electrons. The maximum Gasteiger partial charge on any atom is 0.446 e. The molecule has 0 saturated carbocycles. The van der Waals surface area contributed by atoms with Crippen molar-refractivity contribution in [2.24, 2.45) is 0 Å². The second-order valence-corrected chi connectivity index (χ2v) is 9.05. The van der Waals surface area contributed by atoms with Gasteiger partial charge >= 0.3 is 10.4 Å². The van der Waals surface area contributed by atoms with Crippen LogP contribution >= 0.6 is 0 Å². The van der Waals surface area contributed by atoms with Crippen molar-refractivity contribution < 1.29 is 46.7 Å². The Morgan fingerprint density at radius 2 is 1.82 bits per heavy atom. The van der Waals surface area contributed by atoms with Crippen LogP contribution in [0.1, 0.15) is 19.4 Å². The number of aliphatic hydroxyl groups excluding tert-OH is 1. The van der Waals surface area contributed by atoms with Crippen molar-refractivity contribution in [2.45, 2.75) is 32.0 Å². The number of phenolic OH excluding ortho intramolecular Hbond substituents is 1. The first-order valence-electron chi connectivity index (χ1n) is 9.69. The third-order valence-corrected chi connectivity index (χ3v) is 5.47. The van der Waals surface area contributed by atoms with Gasteiger partial charge in [-0.3, -0.25) is 9.35 Å². The number of hydrogen-bond donors (Lipinski definition) is 6. The Bertz CT molecular complexity index is 1420. The topological polar surface area (TPSA) is 210 Å². The van der Waals surface area contributed by atoms with Crippen LogP contribution in [0.4, 0.5) is 5.69 Å². The van der Waals surface area contributed by atoms with E-state index in [2.05, 4.69) is 4.18 Å². The molecule has 184 valence electrons. The van der Waals surface area contributed by atoms with Gasteiger partial charge in [-0.05, 0) is 32.0 Å². The molecule has 1 unspecified atom stereocenters. The summed E-state index contributed by atoms with van der Waals surface area (Å²) in [6.45, 7) is 2.55. The monoisotopic (exact) mass is 497 g/mol. The number of aliphatic hydroxyl groups is 2. The normalized spacial score (nSPS) is 13.1. The lowest BCUT2D eigenvalue weighted by Gasteiger charge is -2.25. The Labute approximate surface area is 193 Å². The summed E-state index contributed by atoms with van der Waals surface area (Å²) in [7, 11) is -3.72. The van der Waals surface area contributed by atoms with E-state index in [-0.39, 0.29) is 16.8 Å². The van der Waals surface area contributed by atoms with Crippen LogP contribution in [-0.2, 0) is 16.8 Å². The molecule has 12 nitrogen and oxygen atoms in total.